The molecule has 0 saturated carbocycles. The molecule has 2 aromatic carbocycles. The zero-order chi connectivity index (χ0) is 22.5. The van der Waals surface area contributed by atoms with E-state index in [0.717, 1.165) is 11.1 Å². The Bertz CT molecular complexity index is 1260. The summed E-state index contributed by atoms with van der Waals surface area (Å²) in [6.07, 6.45) is 1.48. The van der Waals surface area contributed by atoms with Crippen molar-refractivity contribution in [2.75, 3.05) is 11.1 Å². The van der Waals surface area contributed by atoms with Crippen LogP contribution in [-0.4, -0.2) is 19.9 Å². The van der Waals surface area contributed by atoms with Crippen LogP contribution in [-0.2, 0) is 6.54 Å². The van der Waals surface area contributed by atoms with E-state index in [2.05, 4.69) is 35.5 Å². The van der Waals surface area contributed by atoms with Crippen LogP contribution in [0.5, 0.6) is 0 Å². The van der Waals surface area contributed by atoms with Crippen molar-refractivity contribution in [2.45, 2.75) is 13.5 Å². The molecule has 0 aliphatic rings. The zero-order valence-corrected chi connectivity index (χ0v) is 17.8. The van der Waals surface area contributed by atoms with Gasteiger partial charge in [-0.15, -0.1) is 10.2 Å². The van der Waals surface area contributed by atoms with Gasteiger partial charge in [-0.25, -0.2) is 14.4 Å². The number of nitrogens with two attached hydrogens (primary N) is 1. The standard InChI is InChI=1S/C22H18ClFN8/c1-13-19(14-6-3-2-4-7-14)20(27-12-15-16(23)8-5-9-17(15)24)30-22(28-13)32-31-21-26-11-10-18(25)29-21/h2-11H,12H2,1H3,(H2,25,26,29)(H,27,28,30). The van der Waals surface area contributed by atoms with Crippen LogP contribution in [0.4, 0.5) is 27.9 Å². The molecule has 8 nitrogen and oxygen atoms in total. The number of nitrogen functional groups attached to an aromatic ring is 1. The SMILES string of the molecule is Cc1nc(N=Nc2nccc(N)n2)nc(NCc2c(F)cccc2Cl)c1-c1ccccc1. The maximum Gasteiger partial charge on any atom is 0.271 e. The van der Waals surface area contributed by atoms with Gasteiger partial charge in [-0.2, -0.15) is 9.97 Å². The normalized spacial score (nSPS) is 11.1. The minimum Gasteiger partial charge on any atom is -0.384 e. The molecule has 3 N–H and O–H groups in total. The van der Waals surface area contributed by atoms with Gasteiger partial charge in [0.1, 0.15) is 17.5 Å². The van der Waals surface area contributed by atoms with Gasteiger partial charge < -0.3 is 11.1 Å². The third-order valence-electron chi connectivity index (χ3n) is 4.53. The van der Waals surface area contributed by atoms with Crippen LogP contribution >= 0.6 is 11.6 Å². The first-order valence-electron chi connectivity index (χ1n) is 9.62. The quantitative estimate of drug-likeness (QED) is 0.368. The Hall–Kier alpha value is -3.98. The highest BCUT2D eigenvalue weighted by atomic mass is 35.5. The van der Waals surface area contributed by atoms with Crippen LogP contribution < -0.4 is 11.1 Å². The molecule has 0 atom stereocenters. The molecule has 0 aliphatic carbocycles. The maximum absolute atomic E-state index is 14.3. The van der Waals surface area contributed by atoms with Crippen molar-refractivity contribution in [3.05, 3.63) is 82.9 Å². The Labute approximate surface area is 188 Å². The summed E-state index contributed by atoms with van der Waals surface area (Å²) in [6, 6.07) is 15.7. The topological polar surface area (TPSA) is 114 Å². The van der Waals surface area contributed by atoms with E-state index in [1.54, 1.807) is 18.2 Å². The lowest BCUT2D eigenvalue weighted by atomic mass is 10.0. The number of aromatic nitrogens is 4. The third kappa shape index (κ3) is 4.84. The number of aryl methyl sites for hydroxylation is 1. The Morgan fingerprint density at radius 3 is 2.50 bits per heavy atom. The predicted molar refractivity (Wildman–Crippen MR) is 122 cm³/mol. The van der Waals surface area contributed by atoms with Crippen LogP contribution in [0, 0.1) is 12.7 Å². The molecule has 0 unspecified atom stereocenters. The number of azo groups is 1. The number of hydrogen-bond acceptors (Lipinski definition) is 8. The molecule has 2 heterocycles. The minimum absolute atomic E-state index is 0.0889. The van der Waals surface area contributed by atoms with E-state index >= 15 is 0 Å². The molecule has 0 fully saturated rings. The van der Waals surface area contributed by atoms with E-state index in [0.29, 0.717) is 22.1 Å². The van der Waals surface area contributed by atoms with Crippen molar-refractivity contribution >= 4 is 35.1 Å². The van der Waals surface area contributed by atoms with Gasteiger partial charge in [0.2, 0.25) is 0 Å². The summed E-state index contributed by atoms with van der Waals surface area (Å²) in [5.74, 6) is 0.511. The van der Waals surface area contributed by atoms with Crippen molar-refractivity contribution in [2.24, 2.45) is 10.2 Å². The second kappa shape index (κ2) is 9.44. The molecular weight excluding hydrogens is 431 g/mol. The first-order valence-corrected chi connectivity index (χ1v) is 10.00. The van der Waals surface area contributed by atoms with Gasteiger partial charge in [0, 0.05) is 28.9 Å². The number of anilines is 2. The van der Waals surface area contributed by atoms with Crippen LogP contribution in [0.2, 0.25) is 5.02 Å². The van der Waals surface area contributed by atoms with Crippen molar-refractivity contribution < 1.29 is 4.39 Å². The summed E-state index contributed by atoms with van der Waals surface area (Å²) in [7, 11) is 0. The lowest BCUT2D eigenvalue weighted by Gasteiger charge is -2.15. The first-order chi connectivity index (χ1) is 15.5. The molecule has 0 saturated heterocycles. The van der Waals surface area contributed by atoms with Crippen LogP contribution in [0.25, 0.3) is 11.1 Å². The Kier molecular flexibility index (Phi) is 6.27. The number of halogens is 2. The Morgan fingerprint density at radius 2 is 1.75 bits per heavy atom. The average Bonchev–Trinajstić information content (AvgIpc) is 2.78. The predicted octanol–water partition coefficient (Wildman–Crippen LogP) is 5.64. The summed E-state index contributed by atoms with van der Waals surface area (Å²) >= 11 is 6.18. The highest BCUT2D eigenvalue weighted by molar-refractivity contribution is 6.31. The van der Waals surface area contributed by atoms with Crippen molar-refractivity contribution in [1.82, 2.24) is 19.9 Å². The minimum atomic E-state index is -0.407. The van der Waals surface area contributed by atoms with E-state index in [1.165, 1.54) is 12.3 Å². The highest BCUT2D eigenvalue weighted by Gasteiger charge is 2.15. The molecule has 0 spiro atoms. The van der Waals surface area contributed by atoms with Gasteiger partial charge in [0.05, 0.1) is 5.69 Å². The lowest BCUT2D eigenvalue weighted by molar-refractivity contribution is 0.613. The van der Waals surface area contributed by atoms with Crippen molar-refractivity contribution in [3.63, 3.8) is 0 Å². The summed E-state index contributed by atoms with van der Waals surface area (Å²) in [5.41, 5.74) is 8.30. The van der Waals surface area contributed by atoms with Gasteiger partial charge in [0.15, 0.2) is 0 Å². The van der Waals surface area contributed by atoms with Crippen molar-refractivity contribution in [3.8, 4) is 11.1 Å². The Balaban J connectivity index is 1.72. The lowest BCUT2D eigenvalue weighted by Crippen LogP contribution is -2.07. The fourth-order valence-electron chi connectivity index (χ4n) is 3.05. The second-order valence-electron chi connectivity index (χ2n) is 6.73. The molecule has 2 aromatic heterocycles. The zero-order valence-electron chi connectivity index (χ0n) is 17.0. The highest BCUT2D eigenvalue weighted by Crippen LogP contribution is 2.32. The molecule has 160 valence electrons. The number of benzene rings is 2. The van der Waals surface area contributed by atoms with E-state index < -0.39 is 5.82 Å². The van der Waals surface area contributed by atoms with Gasteiger partial charge in [0.25, 0.3) is 11.9 Å². The number of nitrogens with zero attached hydrogens (tertiary/aromatic N) is 6. The van der Waals surface area contributed by atoms with Gasteiger partial charge in [-0.05, 0) is 30.7 Å². The Morgan fingerprint density at radius 1 is 0.969 bits per heavy atom. The van der Waals surface area contributed by atoms with Crippen LogP contribution in [0.1, 0.15) is 11.3 Å². The molecule has 0 aliphatic heterocycles. The summed E-state index contributed by atoms with van der Waals surface area (Å²) in [4.78, 5) is 16.9. The smallest absolute Gasteiger partial charge is 0.271 e. The average molecular weight is 449 g/mol. The molecule has 0 amide bonds. The number of rotatable bonds is 6. The van der Waals surface area contributed by atoms with E-state index in [4.69, 9.17) is 17.3 Å². The van der Waals surface area contributed by atoms with Crippen LogP contribution in [0.15, 0.2) is 71.0 Å². The molecule has 0 radical (unpaired) electrons. The largest absolute Gasteiger partial charge is 0.384 e. The van der Waals surface area contributed by atoms with Crippen molar-refractivity contribution in [1.29, 1.82) is 0 Å². The van der Waals surface area contributed by atoms with E-state index in [-0.39, 0.29) is 24.3 Å². The molecule has 4 aromatic rings. The molecule has 4 rings (SSSR count). The summed E-state index contributed by atoms with van der Waals surface area (Å²) in [6.45, 7) is 1.96. The van der Waals surface area contributed by atoms with Crippen LogP contribution in [0.3, 0.4) is 0 Å². The number of hydrogen-bond donors (Lipinski definition) is 2. The van der Waals surface area contributed by atoms with E-state index in [1.807, 2.05) is 37.3 Å². The van der Waals surface area contributed by atoms with Gasteiger partial charge in [-0.1, -0.05) is 48.0 Å². The van der Waals surface area contributed by atoms with E-state index in [9.17, 15) is 4.39 Å². The summed E-state index contributed by atoms with van der Waals surface area (Å²) in [5, 5.41) is 11.5. The summed E-state index contributed by atoms with van der Waals surface area (Å²) < 4.78 is 14.3. The second-order valence-corrected chi connectivity index (χ2v) is 7.14. The fourth-order valence-corrected chi connectivity index (χ4v) is 3.28. The fraction of sp³-hybridized carbons (Fsp3) is 0.0909. The first kappa shape index (κ1) is 21.3. The van der Waals surface area contributed by atoms with Gasteiger partial charge >= 0.3 is 0 Å². The monoisotopic (exact) mass is 448 g/mol. The molecule has 32 heavy (non-hydrogen) atoms. The van der Waals surface area contributed by atoms with Gasteiger partial charge in [-0.3, -0.25) is 0 Å². The molecule has 10 heteroatoms. The molecule has 0 bridgehead atoms. The maximum atomic E-state index is 14.3. The molecular formula is C22H18ClFN8. The number of nitrogens with one attached hydrogen (secondary N) is 1. The third-order valence-corrected chi connectivity index (χ3v) is 4.88.